The van der Waals surface area contributed by atoms with Gasteiger partial charge in [0, 0.05) is 28.9 Å². The average molecular weight is 422 g/mol. The quantitative estimate of drug-likeness (QED) is 0.360. The Labute approximate surface area is 192 Å². The van der Waals surface area contributed by atoms with Crippen LogP contribution < -0.4 is 15.6 Å². The van der Waals surface area contributed by atoms with E-state index in [0.29, 0.717) is 0 Å². The zero-order valence-electron chi connectivity index (χ0n) is 17.8. The molecule has 0 amide bonds. The smallest absolute Gasteiger partial charge is 0.430 e. The first-order chi connectivity index (χ1) is 16.4. The fourth-order valence-electron chi connectivity index (χ4n) is 5.13. The Morgan fingerprint density at radius 1 is 0.636 bits per heavy atom. The van der Waals surface area contributed by atoms with E-state index in [1.54, 1.807) is 0 Å². The number of benzene rings is 4. The summed E-state index contributed by atoms with van der Waals surface area (Å²) in [4.78, 5) is 4.21. The van der Waals surface area contributed by atoms with Crippen LogP contribution in [0.25, 0.3) is 38.6 Å². The topological polar surface area (TPSA) is 27.1 Å². The molecule has 0 radical (unpaired) electrons. The lowest BCUT2D eigenvalue weighted by atomic mass is 9.52. The third kappa shape index (κ3) is 2.74. The van der Waals surface area contributed by atoms with Crippen molar-refractivity contribution in [2.45, 2.75) is 0 Å². The fraction of sp³-hybridized carbons (Fsp3) is 0. The molecule has 4 aromatic carbocycles. The van der Waals surface area contributed by atoms with Crippen molar-refractivity contribution in [2.75, 3.05) is 0 Å². The molecule has 0 bridgehead atoms. The molecule has 6 aromatic rings. The summed E-state index contributed by atoms with van der Waals surface area (Å²) >= 11 is 0. The number of hydrogen-bond acceptors (Lipinski definition) is 2. The Morgan fingerprint density at radius 2 is 1.39 bits per heavy atom. The Kier molecular flexibility index (Phi) is 3.94. The average Bonchev–Trinajstić information content (AvgIpc) is 3.22. The van der Waals surface area contributed by atoms with E-state index < -0.39 is 0 Å². The van der Waals surface area contributed by atoms with E-state index >= 15 is 0 Å². The first-order valence-electron chi connectivity index (χ1n) is 11.2. The van der Waals surface area contributed by atoms with Crippen molar-refractivity contribution in [2.24, 2.45) is 0 Å². The second-order valence-electron chi connectivity index (χ2n) is 8.42. The van der Waals surface area contributed by atoms with Crippen molar-refractivity contribution in [1.82, 2.24) is 9.55 Å². The van der Waals surface area contributed by atoms with Gasteiger partial charge in [0.1, 0.15) is 0 Å². The Balaban J connectivity index is 1.60. The highest BCUT2D eigenvalue weighted by atomic mass is 16.4. The van der Waals surface area contributed by atoms with Crippen molar-refractivity contribution in [3.8, 4) is 22.6 Å². The molecule has 0 atom stereocenters. The van der Waals surface area contributed by atoms with Gasteiger partial charge < -0.3 is 9.22 Å². The van der Waals surface area contributed by atoms with Crippen LogP contribution in [0.5, 0.6) is 5.75 Å². The van der Waals surface area contributed by atoms with Gasteiger partial charge >= 0.3 is 6.92 Å². The maximum absolute atomic E-state index is 6.69. The Bertz CT molecular complexity index is 1640. The van der Waals surface area contributed by atoms with Gasteiger partial charge in [-0.2, -0.15) is 0 Å². The number of nitrogens with zero attached hydrogens (tertiary/aromatic N) is 2. The van der Waals surface area contributed by atoms with Crippen LogP contribution in [0.1, 0.15) is 0 Å². The van der Waals surface area contributed by atoms with Crippen LogP contribution in [0.3, 0.4) is 0 Å². The van der Waals surface area contributed by atoms with E-state index in [1.165, 1.54) is 44.0 Å². The molecule has 7 rings (SSSR count). The lowest BCUT2D eigenvalue weighted by molar-refractivity contribution is 0.591. The number of rotatable bonds is 3. The molecule has 154 valence electrons. The zero-order chi connectivity index (χ0) is 21.8. The van der Waals surface area contributed by atoms with Gasteiger partial charge in [0.05, 0.1) is 16.8 Å². The number of para-hydroxylation sites is 3. The van der Waals surface area contributed by atoms with Crippen LogP contribution in [-0.4, -0.2) is 16.5 Å². The summed E-state index contributed by atoms with van der Waals surface area (Å²) in [5.74, 6) is 0.865. The van der Waals surface area contributed by atoms with Gasteiger partial charge in [-0.05, 0) is 64.5 Å². The van der Waals surface area contributed by atoms with Crippen molar-refractivity contribution in [3.63, 3.8) is 0 Å². The highest BCUT2D eigenvalue weighted by Crippen LogP contribution is 2.35. The minimum Gasteiger partial charge on any atom is -0.551 e. The summed E-state index contributed by atoms with van der Waals surface area (Å²) < 4.78 is 9.09. The lowest BCUT2D eigenvalue weighted by Gasteiger charge is -2.27. The standard InChI is InChI=1S/C29H19BN2O/c1-2-8-22(9-3-1)33-30-25-11-5-7-13-28(25)32-27-12-6-4-10-23(27)24-18-21(19-26(30)29(24)32)20-14-16-31-17-15-20/h1-19H. The van der Waals surface area contributed by atoms with E-state index in [-0.39, 0.29) is 6.92 Å². The molecular formula is C29H19BN2O. The van der Waals surface area contributed by atoms with Crippen LogP contribution in [0.15, 0.2) is 116 Å². The molecule has 3 heterocycles. The lowest BCUT2D eigenvalue weighted by Crippen LogP contribution is -2.52. The Morgan fingerprint density at radius 3 is 2.27 bits per heavy atom. The third-order valence-corrected chi connectivity index (χ3v) is 6.55. The number of fused-ring (bicyclic) bond motifs is 5. The van der Waals surface area contributed by atoms with E-state index in [1.807, 2.05) is 42.7 Å². The molecule has 0 fully saturated rings. The molecule has 0 saturated carbocycles. The highest BCUT2D eigenvalue weighted by Gasteiger charge is 2.35. The van der Waals surface area contributed by atoms with Crippen LogP contribution in [0, 0.1) is 0 Å². The van der Waals surface area contributed by atoms with E-state index in [4.69, 9.17) is 4.65 Å². The van der Waals surface area contributed by atoms with Crippen LogP contribution in [0.2, 0.25) is 0 Å². The second kappa shape index (κ2) is 7.11. The molecular weight excluding hydrogens is 403 g/mol. The summed E-state index contributed by atoms with van der Waals surface area (Å²) in [5, 5.41) is 2.49. The van der Waals surface area contributed by atoms with Gasteiger partial charge in [-0.3, -0.25) is 4.98 Å². The summed E-state index contributed by atoms with van der Waals surface area (Å²) in [7, 11) is 0. The molecule has 1 aliphatic heterocycles. The largest absolute Gasteiger partial charge is 0.551 e. The van der Waals surface area contributed by atoms with Gasteiger partial charge in [0.25, 0.3) is 0 Å². The second-order valence-corrected chi connectivity index (χ2v) is 8.42. The molecule has 0 N–H and O–H groups in total. The van der Waals surface area contributed by atoms with Gasteiger partial charge in [-0.25, -0.2) is 0 Å². The van der Waals surface area contributed by atoms with Crippen LogP contribution in [-0.2, 0) is 0 Å². The number of aromatic nitrogens is 2. The third-order valence-electron chi connectivity index (χ3n) is 6.55. The summed E-state index contributed by atoms with van der Waals surface area (Å²) in [6.07, 6.45) is 3.70. The summed E-state index contributed by atoms with van der Waals surface area (Å²) in [5.41, 5.74) is 8.27. The minimum atomic E-state index is -0.204. The number of pyridine rings is 1. The fourth-order valence-corrected chi connectivity index (χ4v) is 5.13. The molecule has 1 aliphatic rings. The minimum absolute atomic E-state index is 0.204. The van der Waals surface area contributed by atoms with Crippen LogP contribution in [0.4, 0.5) is 0 Å². The van der Waals surface area contributed by atoms with E-state index in [9.17, 15) is 0 Å². The monoisotopic (exact) mass is 422 g/mol. The van der Waals surface area contributed by atoms with Crippen molar-refractivity contribution in [1.29, 1.82) is 0 Å². The molecule has 3 nitrogen and oxygen atoms in total. The molecule has 4 heteroatoms. The predicted molar refractivity (Wildman–Crippen MR) is 136 cm³/mol. The SMILES string of the molecule is c1ccc(OB2c3ccccc3-n3c4ccccc4c4cc(-c5ccncc5)cc2c43)cc1. The first kappa shape index (κ1) is 18.3. The molecule has 0 spiro atoms. The predicted octanol–water partition coefficient (Wildman–Crippen LogP) is 5.34. The number of hydrogen-bond donors (Lipinski definition) is 0. The molecule has 33 heavy (non-hydrogen) atoms. The molecule has 0 aliphatic carbocycles. The van der Waals surface area contributed by atoms with Gasteiger partial charge in [-0.1, -0.05) is 60.7 Å². The summed E-state index contributed by atoms with van der Waals surface area (Å²) in [6.45, 7) is -0.204. The Hall–Kier alpha value is -4.31. The first-order valence-corrected chi connectivity index (χ1v) is 11.2. The molecule has 2 aromatic heterocycles. The van der Waals surface area contributed by atoms with E-state index in [2.05, 4.69) is 82.3 Å². The van der Waals surface area contributed by atoms with Gasteiger partial charge in [0.2, 0.25) is 0 Å². The molecule has 0 saturated heterocycles. The summed E-state index contributed by atoms with van der Waals surface area (Å²) in [6, 6.07) is 36.1. The van der Waals surface area contributed by atoms with Crippen molar-refractivity contribution in [3.05, 3.63) is 116 Å². The van der Waals surface area contributed by atoms with Crippen molar-refractivity contribution >= 4 is 39.6 Å². The van der Waals surface area contributed by atoms with Gasteiger partial charge in [0.15, 0.2) is 0 Å². The highest BCUT2D eigenvalue weighted by molar-refractivity contribution is 6.84. The van der Waals surface area contributed by atoms with Crippen molar-refractivity contribution < 1.29 is 4.65 Å². The normalized spacial score (nSPS) is 12.2. The zero-order valence-corrected chi connectivity index (χ0v) is 17.8. The van der Waals surface area contributed by atoms with Gasteiger partial charge in [-0.15, -0.1) is 0 Å². The molecule has 0 unspecified atom stereocenters. The van der Waals surface area contributed by atoms with Crippen LogP contribution >= 0.6 is 0 Å². The maximum Gasteiger partial charge on any atom is 0.430 e. The maximum atomic E-state index is 6.69. The van der Waals surface area contributed by atoms with E-state index in [0.717, 1.165) is 11.3 Å².